The minimum absolute atomic E-state index is 0.0453. The summed E-state index contributed by atoms with van der Waals surface area (Å²) >= 11 is 0. The number of carboxylic acids is 1. The first kappa shape index (κ1) is 33.2. The molecule has 0 aliphatic heterocycles. The monoisotopic (exact) mass is 613 g/mol. The maximum Gasteiger partial charge on any atom is 0.326 e. The highest BCUT2D eigenvalue weighted by atomic mass is 16.5. The first-order valence-electron chi connectivity index (χ1n) is 15.4. The Bertz CT molecular complexity index is 1510. The number of hydrogen-bond donors (Lipinski definition) is 4. The van der Waals surface area contributed by atoms with Crippen molar-refractivity contribution in [2.24, 2.45) is 11.8 Å². The van der Waals surface area contributed by atoms with Crippen molar-refractivity contribution >= 4 is 17.8 Å². The van der Waals surface area contributed by atoms with Crippen LogP contribution in [0.3, 0.4) is 0 Å². The van der Waals surface area contributed by atoms with Crippen molar-refractivity contribution in [3.05, 3.63) is 95.9 Å². The topological polar surface area (TPSA) is 138 Å². The molecule has 2 aliphatic carbocycles. The lowest BCUT2D eigenvalue weighted by Gasteiger charge is -2.28. The summed E-state index contributed by atoms with van der Waals surface area (Å²) < 4.78 is 6.03. The van der Waals surface area contributed by atoms with Gasteiger partial charge in [-0.05, 0) is 61.8 Å². The van der Waals surface area contributed by atoms with Gasteiger partial charge in [0.15, 0.2) is 0 Å². The second-order valence-electron chi connectivity index (χ2n) is 12.3. The number of aliphatic hydroxyl groups excluding tert-OH is 1. The van der Waals surface area contributed by atoms with E-state index >= 15 is 0 Å². The Kier molecular flexibility index (Phi) is 11.0. The van der Waals surface area contributed by atoms with E-state index in [1.54, 1.807) is 12.2 Å². The van der Waals surface area contributed by atoms with Crippen LogP contribution in [-0.4, -0.2) is 51.2 Å². The number of aromatic nitrogens is 1. The molecule has 0 fully saturated rings. The number of carbonyl (C=O) groups is 3. The van der Waals surface area contributed by atoms with Crippen molar-refractivity contribution < 1.29 is 29.3 Å². The molecule has 45 heavy (non-hydrogen) atoms. The van der Waals surface area contributed by atoms with Gasteiger partial charge in [0.1, 0.15) is 11.6 Å². The summed E-state index contributed by atoms with van der Waals surface area (Å²) in [6, 6.07) is 12.9. The van der Waals surface area contributed by atoms with E-state index in [2.05, 4.69) is 35.8 Å². The van der Waals surface area contributed by atoms with E-state index < -0.39 is 23.5 Å². The van der Waals surface area contributed by atoms with Gasteiger partial charge in [-0.1, -0.05) is 80.1 Å². The fourth-order valence-electron chi connectivity index (χ4n) is 5.46. The van der Waals surface area contributed by atoms with E-state index in [4.69, 9.17) is 9.72 Å². The largest absolute Gasteiger partial charge is 0.512 e. The normalized spacial score (nSPS) is 20.0. The summed E-state index contributed by atoms with van der Waals surface area (Å²) in [7, 11) is 0. The van der Waals surface area contributed by atoms with Crippen LogP contribution in [0.2, 0.25) is 0 Å². The number of carbonyl (C=O) groups excluding carboxylic acids is 2. The summed E-state index contributed by atoms with van der Waals surface area (Å²) in [4.78, 5) is 42.6. The van der Waals surface area contributed by atoms with Gasteiger partial charge in [-0.3, -0.25) is 9.59 Å². The molecule has 238 valence electrons. The average molecular weight is 614 g/mol. The molecule has 0 saturated heterocycles. The van der Waals surface area contributed by atoms with Gasteiger partial charge in [0.2, 0.25) is 17.7 Å². The Morgan fingerprint density at radius 1 is 1.04 bits per heavy atom. The van der Waals surface area contributed by atoms with Gasteiger partial charge in [-0.15, -0.1) is 0 Å². The Morgan fingerprint density at radius 3 is 2.47 bits per heavy atom. The van der Waals surface area contributed by atoms with E-state index in [0.29, 0.717) is 18.7 Å². The van der Waals surface area contributed by atoms with Crippen LogP contribution in [0.15, 0.2) is 90.3 Å². The predicted octanol–water partition coefficient (Wildman–Crippen LogP) is 6.02. The highest BCUT2D eigenvalue weighted by Gasteiger charge is 2.33. The van der Waals surface area contributed by atoms with Crippen LogP contribution >= 0.6 is 0 Å². The fraction of sp³-hybridized carbons (Fsp3) is 0.389. The Morgan fingerprint density at radius 2 is 1.78 bits per heavy atom. The molecule has 4 rings (SSSR count). The van der Waals surface area contributed by atoms with Crippen LogP contribution in [-0.2, 0) is 14.4 Å². The lowest BCUT2D eigenvalue weighted by molar-refractivity contribution is -0.143. The van der Waals surface area contributed by atoms with Crippen LogP contribution in [0.1, 0.15) is 65.0 Å². The smallest absolute Gasteiger partial charge is 0.326 e. The Labute approximate surface area is 264 Å². The van der Waals surface area contributed by atoms with Gasteiger partial charge in [-0.2, -0.15) is 0 Å². The second-order valence-corrected chi connectivity index (χ2v) is 12.3. The van der Waals surface area contributed by atoms with Gasteiger partial charge in [-0.25, -0.2) is 9.78 Å². The minimum atomic E-state index is -1.34. The third-order valence-corrected chi connectivity index (χ3v) is 8.18. The zero-order valence-corrected chi connectivity index (χ0v) is 26.3. The summed E-state index contributed by atoms with van der Waals surface area (Å²) in [5.41, 5.74) is 2.45. The molecule has 9 nitrogen and oxygen atoms in total. The van der Waals surface area contributed by atoms with Gasteiger partial charge in [0.05, 0.1) is 18.1 Å². The van der Waals surface area contributed by atoms with E-state index in [-0.39, 0.29) is 48.9 Å². The highest BCUT2D eigenvalue weighted by Crippen LogP contribution is 2.33. The molecule has 2 aliphatic rings. The molecule has 0 radical (unpaired) electrons. The summed E-state index contributed by atoms with van der Waals surface area (Å²) in [5, 5.41) is 24.7. The standard InChI is InChI=1S/C36H43N3O6/c1-23-11-8-9-14-29(23)30-21-27(25-12-6-5-7-13-25)22-33(37-30)45-18-10-15-32(41)39-36(3,4)35(44)38-31(34(42)43)20-26-16-17-28(40)19-24(26)2/h5-9,11-14,16-17,21-24,29,31,40H,10,15,18-20H2,1-4H3,(H,38,44)(H,39,41)(H,42,43). The van der Waals surface area contributed by atoms with Crippen LogP contribution in [0.25, 0.3) is 11.1 Å². The number of ether oxygens (including phenoxy) is 1. The van der Waals surface area contributed by atoms with Crippen molar-refractivity contribution in [2.45, 2.75) is 70.9 Å². The lowest BCUT2D eigenvalue weighted by Crippen LogP contribution is -2.58. The number of nitrogens with zero attached hydrogens (tertiary/aromatic N) is 1. The van der Waals surface area contributed by atoms with Gasteiger partial charge in [0, 0.05) is 24.8 Å². The molecular formula is C36H43N3O6. The van der Waals surface area contributed by atoms with Gasteiger partial charge >= 0.3 is 5.97 Å². The molecule has 2 amide bonds. The number of amides is 2. The minimum Gasteiger partial charge on any atom is -0.512 e. The number of benzene rings is 1. The number of rotatable bonds is 13. The third kappa shape index (κ3) is 9.17. The fourth-order valence-corrected chi connectivity index (χ4v) is 5.46. The first-order chi connectivity index (χ1) is 21.4. The molecule has 0 bridgehead atoms. The van der Waals surface area contributed by atoms with Crippen molar-refractivity contribution in [3.63, 3.8) is 0 Å². The number of hydrogen-bond acceptors (Lipinski definition) is 6. The lowest BCUT2D eigenvalue weighted by atomic mass is 9.86. The van der Waals surface area contributed by atoms with Crippen molar-refractivity contribution in [3.8, 4) is 17.0 Å². The Hall–Kier alpha value is -4.66. The van der Waals surface area contributed by atoms with Crippen molar-refractivity contribution in [1.29, 1.82) is 0 Å². The highest BCUT2D eigenvalue weighted by molar-refractivity contribution is 5.93. The molecule has 1 aromatic carbocycles. The van der Waals surface area contributed by atoms with Gasteiger partial charge < -0.3 is 25.6 Å². The van der Waals surface area contributed by atoms with Crippen molar-refractivity contribution in [1.82, 2.24) is 15.6 Å². The molecule has 9 heteroatoms. The summed E-state index contributed by atoms with van der Waals surface area (Å²) in [6.45, 7) is 7.37. The van der Waals surface area contributed by atoms with E-state index in [0.717, 1.165) is 22.4 Å². The number of nitrogens with one attached hydrogen (secondary N) is 2. The molecule has 4 N–H and O–H groups in total. The van der Waals surface area contributed by atoms with E-state index in [1.165, 1.54) is 13.8 Å². The Balaban J connectivity index is 1.32. The van der Waals surface area contributed by atoms with Crippen LogP contribution in [0, 0.1) is 11.8 Å². The first-order valence-corrected chi connectivity index (χ1v) is 15.4. The molecule has 1 aromatic heterocycles. The number of allylic oxidation sites excluding steroid dienone is 7. The SMILES string of the molecule is CC1CC(O)=CC=C1CC(NC(=O)C(C)(C)NC(=O)CCCOc1cc(-c2ccccc2)cc(C2C=CC=CC2C)n1)C(=O)O. The van der Waals surface area contributed by atoms with Crippen LogP contribution < -0.4 is 15.4 Å². The van der Waals surface area contributed by atoms with E-state index in [1.807, 2.05) is 55.5 Å². The zero-order valence-electron chi connectivity index (χ0n) is 26.3. The van der Waals surface area contributed by atoms with E-state index in [9.17, 15) is 24.6 Å². The van der Waals surface area contributed by atoms with Crippen molar-refractivity contribution in [2.75, 3.05) is 6.61 Å². The maximum absolute atomic E-state index is 13.0. The number of aliphatic carboxylic acids is 1. The molecule has 4 atom stereocenters. The van der Waals surface area contributed by atoms with Gasteiger partial charge in [0.25, 0.3) is 0 Å². The second kappa shape index (κ2) is 14.9. The number of carboxylic acid groups (broad SMARTS) is 1. The number of aliphatic hydroxyl groups is 1. The third-order valence-electron chi connectivity index (χ3n) is 8.18. The average Bonchev–Trinajstić information content (AvgIpc) is 3.00. The molecule has 0 spiro atoms. The van der Waals surface area contributed by atoms with Crippen LogP contribution in [0.5, 0.6) is 5.88 Å². The quantitative estimate of drug-likeness (QED) is 0.203. The molecule has 1 heterocycles. The van der Waals surface area contributed by atoms with Crippen LogP contribution in [0.4, 0.5) is 0 Å². The molecular weight excluding hydrogens is 570 g/mol. The molecule has 0 saturated carbocycles. The number of pyridine rings is 1. The summed E-state index contributed by atoms with van der Waals surface area (Å²) in [6.07, 6.45) is 12.6. The zero-order chi connectivity index (χ0) is 32.6. The molecule has 2 aromatic rings. The maximum atomic E-state index is 13.0. The molecule has 4 unspecified atom stereocenters. The summed E-state index contributed by atoms with van der Waals surface area (Å²) in [5.74, 6) is -1.04. The predicted molar refractivity (Wildman–Crippen MR) is 174 cm³/mol.